The predicted octanol–water partition coefficient (Wildman–Crippen LogP) is 2.29. The third-order valence-electron chi connectivity index (χ3n) is 5.16. The van der Waals surface area contributed by atoms with Gasteiger partial charge in [-0.15, -0.1) is 11.3 Å². The molecule has 29 heavy (non-hydrogen) atoms. The van der Waals surface area contributed by atoms with Crippen LogP contribution in [-0.4, -0.2) is 39.6 Å². The lowest BCUT2D eigenvalue weighted by molar-refractivity contribution is -0.130. The number of amides is 1. The number of carbonyl (C=O) groups is 1. The topological polar surface area (TPSA) is 73.5 Å². The maximum atomic E-state index is 13.2. The standard InChI is InChI=1S/C21H23N3O4S/c1-2-28-16-7-5-15(6-8-16)13-24-20(26)19-17(9-12-29-19)23(21(24)27)14-18(25)22-10-3-4-11-22/h5-9,12H,2-4,10-11,13-14H2,1H3. The van der Waals surface area contributed by atoms with Gasteiger partial charge in [-0.2, -0.15) is 0 Å². The van der Waals surface area contributed by atoms with Crippen molar-refractivity contribution in [1.29, 1.82) is 0 Å². The van der Waals surface area contributed by atoms with Crippen molar-refractivity contribution in [2.24, 2.45) is 0 Å². The van der Waals surface area contributed by atoms with Gasteiger partial charge < -0.3 is 9.64 Å². The van der Waals surface area contributed by atoms with Crippen LogP contribution in [0.15, 0.2) is 45.3 Å². The smallest absolute Gasteiger partial charge is 0.332 e. The molecule has 8 heteroatoms. The van der Waals surface area contributed by atoms with Crippen LogP contribution in [0.25, 0.3) is 10.2 Å². The summed E-state index contributed by atoms with van der Waals surface area (Å²) < 4.78 is 8.58. The first-order chi connectivity index (χ1) is 14.1. The lowest BCUT2D eigenvalue weighted by atomic mass is 10.2. The van der Waals surface area contributed by atoms with Gasteiger partial charge in [-0.05, 0) is 48.9 Å². The molecule has 0 radical (unpaired) electrons. The number of benzene rings is 1. The van der Waals surface area contributed by atoms with E-state index in [2.05, 4.69) is 0 Å². The molecule has 1 fully saturated rings. The van der Waals surface area contributed by atoms with Gasteiger partial charge in [0.2, 0.25) is 5.91 Å². The molecule has 7 nitrogen and oxygen atoms in total. The Morgan fingerprint density at radius 1 is 1.07 bits per heavy atom. The van der Waals surface area contributed by atoms with Gasteiger partial charge in [-0.3, -0.25) is 18.7 Å². The molecule has 3 aromatic rings. The van der Waals surface area contributed by atoms with E-state index >= 15 is 0 Å². The molecule has 0 unspecified atom stereocenters. The Hall–Kier alpha value is -2.87. The summed E-state index contributed by atoms with van der Waals surface area (Å²) >= 11 is 1.29. The fourth-order valence-corrected chi connectivity index (χ4v) is 4.51. The fourth-order valence-electron chi connectivity index (χ4n) is 3.67. The van der Waals surface area contributed by atoms with E-state index in [1.165, 1.54) is 20.5 Å². The second-order valence-electron chi connectivity index (χ2n) is 7.06. The summed E-state index contributed by atoms with van der Waals surface area (Å²) in [6.45, 7) is 4.04. The summed E-state index contributed by atoms with van der Waals surface area (Å²) in [4.78, 5) is 40.5. The zero-order chi connectivity index (χ0) is 20.4. The number of aromatic nitrogens is 2. The lowest BCUT2D eigenvalue weighted by Crippen LogP contribution is -2.42. The van der Waals surface area contributed by atoms with Crippen molar-refractivity contribution in [2.75, 3.05) is 19.7 Å². The highest BCUT2D eigenvalue weighted by molar-refractivity contribution is 7.17. The first-order valence-corrected chi connectivity index (χ1v) is 10.7. The summed E-state index contributed by atoms with van der Waals surface area (Å²) in [5.74, 6) is 0.661. The molecule has 1 amide bonds. The maximum Gasteiger partial charge on any atom is 0.332 e. The monoisotopic (exact) mass is 413 g/mol. The molecule has 2 aromatic heterocycles. The second-order valence-corrected chi connectivity index (χ2v) is 7.98. The van der Waals surface area contributed by atoms with Crippen LogP contribution in [0.3, 0.4) is 0 Å². The normalized spacial score (nSPS) is 13.9. The molecule has 1 aromatic carbocycles. The quantitative estimate of drug-likeness (QED) is 0.622. The molecular weight excluding hydrogens is 390 g/mol. The van der Waals surface area contributed by atoms with Crippen LogP contribution in [-0.2, 0) is 17.9 Å². The fraction of sp³-hybridized carbons (Fsp3) is 0.381. The summed E-state index contributed by atoms with van der Waals surface area (Å²) in [6.07, 6.45) is 1.98. The Bertz CT molecular complexity index is 1140. The van der Waals surface area contributed by atoms with E-state index in [-0.39, 0.29) is 24.6 Å². The van der Waals surface area contributed by atoms with Crippen LogP contribution in [0.4, 0.5) is 0 Å². The van der Waals surface area contributed by atoms with E-state index in [4.69, 9.17) is 4.74 Å². The Labute approximate surface area is 171 Å². The van der Waals surface area contributed by atoms with Crippen molar-refractivity contribution < 1.29 is 9.53 Å². The van der Waals surface area contributed by atoms with Gasteiger partial charge in [0.1, 0.15) is 17.0 Å². The highest BCUT2D eigenvalue weighted by Crippen LogP contribution is 2.17. The Morgan fingerprint density at radius 3 is 2.48 bits per heavy atom. The number of hydrogen-bond acceptors (Lipinski definition) is 5. The lowest BCUT2D eigenvalue weighted by Gasteiger charge is -2.17. The van der Waals surface area contributed by atoms with Crippen molar-refractivity contribution in [3.63, 3.8) is 0 Å². The van der Waals surface area contributed by atoms with Crippen LogP contribution in [0.2, 0.25) is 0 Å². The summed E-state index contributed by atoms with van der Waals surface area (Å²) in [5.41, 5.74) is 0.572. The Balaban J connectivity index is 1.71. The minimum absolute atomic E-state index is 0.0460. The largest absolute Gasteiger partial charge is 0.494 e. The summed E-state index contributed by atoms with van der Waals surface area (Å²) in [6, 6.07) is 9.07. The minimum Gasteiger partial charge on any atom is -0.494 e. The third-order valence-corrected chi connectivity index (χ3v) is 6.06. The summed E-state index contributed by atoms with van der Waals surface area (Å²) in [5, 5.41) is 1.78. The van der Waals surface area contributed by atoms with Crippen LogP contribution in [0.1, 0.15) is 25.3 Å². The van der Waals surface area contributed by atoms with Crippen molar-refractivity contribution in [3.05, 3.63) is 62.1 Å². The van der Waals surface area contributed by atoms with E-state index in [0.29, 0.717) is 16.8 Å². The molecule has 4 rings (SSSR count). The highest BCUT2D eigenvalue weighted by Gasteiger charge is 2.21. The molecule has 152 valence electrons. The molecule has 0 saturated carbocycles. The van der Waals surface area contributed by atoms with Crippen LogP contribution in [0, 0.1) is 0 Å². The number of likely N-dealkylation sites (tertiary alicyclic amines) is 1. The Kier molecular flexibility index (Phi) is 5.53. The van der Waals surface area contributed by atoms with Crippen molar-refractivity contribution in [2.45, 2.75) is 32.9 Å². The number of rotatable bonds is 6. The van der Waals surface area contributed by atoms with Crippen molar-refractivity contribution >= 4 is 27.5 Å². The molecule has 0 atom stereocenters. The molecule has 3 heterocycles. The number of hydrogen-bond donors (Lipinski definition) is 0. The van der Waals surface area contributed by atoms with E-state index in [0.717, 1.165) is 37.2 Å². The number of nitrogens with zero attached hydrogens (tertiary/aromatic N) is 3. The summed E-state index contributed by atoms with van der Waals surface area (Å²) in [7, 11) is 0. The van der Waals surface area contributed by atoms with E-state index < -0.39 is 5.69 Å². The van der Waals surface area contributed by atoms with Gasteiger partial charge in [0, 0.05) is 13.1 Å². The average Bonchev–Trinajstić information content (AvgIpc) is 3.42. The van der Waals surface area contributed by atoms with Gasteiger partial charge in [0.25, 0.3) is 5.56 Å². The SMILES string of the molecule is CCOc1ccc(Cn2c(=O)c3sccc3n(CC(=O)N3CCCC3)c2=O)cc1. The van der Waals surface area contributed by atoms with E-state index in [1.54, 1.807) is 16.3 Å². The van der Waals surface area contributed by atoms with Crippen molar-refractivity contribution in [3.8, 4) is 5.75 Å². The van der Waals surface area contributed by atoms with Crippen molar-refractivity contribution in [1.82, 2.24) is 14.0 Å². The number of thiophene rings is 1. The molecule has 0 spiro atoms. The van der Waals surface area contributed by atoms with Gasteiger partial charge in [0.15, 0.2) is 0 Å². The van der Waals surface area contributed by atoms with Gasteiger partial charge in [-0.1, -0.05) is 12.1 Å². The average molecular weight is 413 g/mol. The second kappa shape index (κ2) is 8.24. The molecule has 0 N–H and O–H groups in total. The van der Waals surface area contributed by atoms with E-state index in [9.17, 15) is 14.4 Å². The highest BCUT2D eigenvalue weighted by atomic mass is 32.1. The predicted molar refractivity (Wildman–Crippen MR) is 113 cm³/mol. The third kappa shape index (κ3) is 3.85. The molecule has 1 aliphatic rings. The first-order valence-electron chi connectivity index (χ1n) is 9.79. The maximum absolute atomic E-state index is 13.2. The zero-order valence-electron chi connectivity index (χ0n) is 16.3. The Morgan fingerprint density at radius 2 is 1.79 bits per heavy atom. The minimum atomic E-state index is -0.456. The number of carbonyl (C=O) groups excluding carboxylic acids is 1. The zero-order valence-corrected chi connectivity index (χ0v) is 17.1. The molecule has 1 saturated heterocycles. The van der Waals surface area contributed by atoms with Gasteiger partial charge >= 0.3 is 5.69 Å². The van der Waals surface area contributed by atoms with Crippen LogP contribution >= 0.6 is 11.3 Å². The van der Waals surface area contributed by atoms with Crippen LogP contribution < -0.4 is 16.0 Å². The molecule has 0 aliphatic carbocycles. The molecule has 0 bridgehead atoms. The van der Waals surface area contributed by atoms with Crippen LogP contribution in [0.5, 0.6) is 5.75 Å². The molecular formula is C21H23N3O4S. The molecule has 1 aliphatic heterocycles. The van der Waals surface area contributed by atoms with E-state index in [1.807, 2.05) is 31.2 Å². The first kappa shape index (κ1) is 19.4. The van der Waals surface area contributed by atoms with Gasteiger partial charge in [-0.25, -0.2) is 4.79 Å². The number of fused-ring (bicyclic) bond motifs is 1. The van der Waals surface area contributed by atoms with Gasteiger partial charge in [0.05, 0.1) is 18.7 Å². The number of ether oxygens (including phenoxy) is 1.